The molecule has 2 heterocycles. The Kier molecular flexibility index (Phi) is 5.67. The van der Waals surface area contributed by atoms with Crippen LogP contribution in [0.4, 0.5) is 0 Å². The number of benzene rings is 1. The van der Waals surface area contributed by atoms with Crippen molar-refractivity contribution in [2.45, 2.75) is 63.8 Å². The normalized spacial score (nSPS) is 26.6. The Balaban J connectivity index is 1.39. The molecule has 158 valence electrons. The van der Waals surface area contributed by atoms with Gasteiger partial charge in [0.05, 0.1) is 12.0 Å². The predicted molar refractivity (Wildman–Crippen MR) is 111 cm³/mol. The monoisotopic (exact) mass is 399 g/mol. The van der Waals surface area contributed by atoms with E-state index in [4.69, 9.17) is 5.21 Å². The molecule has 2 amide bonds. The molecule has 1 saturated carbocycles. The minimum absolute atomic E-state index is 0.00322. The lowest BCUT2D eigenvalue weighted by Gasteiger charge is -2.40. The summed E-state index contributed by atoms with van der Waals surface area (Å²) in [5, 5.41) is 12.5. The number of piperidine rings is 2. The largest absolute Gasteiger partial charge is 0.341 e. The molecule has 4 rings (SSSR count). The van der Waals surface area contributed by atoms with Gasteiger partial charge in [-0.25, -0.2) is 5.48 Å². The van der Waals surface area contributed by atoms with Gasteiger partial charge in [-0.2, -0.15) is 0 Å². The number of carbonyl (C=O) groups excluding carboxylic acids is 2. The summed E-state index contributed by atoms with van der Waals surface area (Å²) in [5.74, 6) is 0.0524. The highest BCUT2D eigenvalue weighted by atomic mass is 16.5. The molecular formula is C23H33N3O3. The Bertz CT molecular complexity index is 766. The fraction of sp³-hybridized carbons (Fsp3) is 0.652. The molecule has 29 heavy (non-hydrogen) atoms. The molecule has 2 aliphatic heterocycles. The molecular weight excluding hydrogens is 366 g/mol. The van der Waals surface area contributed by atoms with Crippen molar-refractivity contribution >= 4 is 11.8 Å². The van der Waals surface area contributed by atoms with E-state index >= 15 is 0 Å². The maximum atomic E-state index is 13.2. The van der Waals surface area contributed by atoms with Gasteiger partial charge in [-0.1, -0.05) is 38.1 Å². The van der Waals surface area contributed by atoms with Crippen LogP contribution in [-0.4, -0.2) is 47.6 Å². The molecule has 1 spiro atoms. The molecule has 3 aliphatic rings. The zero-order valence-corrected chi connectivity index (χ0v) is 17.5. The van der Waals surface area contributed by atoms with E-state index in [2.05, 4.69) is 43.4 Å². The summed E-state index contributed by atoms with van der Waals surface area (Å²) >= 11 is 0. The molecule has 2 unspecified atom stereocenters. The van der Waals surface area contributed by atoms with E-state index in [1.165, 1.54) is 11.1 Å². The highest BCUT2D eigenvalue weighted by molar-refractivity contribution is 5.90. The fourth-order valence-electron chi connectivity index (χ4n) is 5.07. The van der Waals surface area contributed by atoms with Crippen molar-refractivity contribution in [1.29, 1.82) is 0 Å². The molecule has 1 aliphatic carbocycles. The zero-order chi connectivity index (χ0) is 20.6. The molecule has 3 fully saturated rings. The molecule has 6 nitrogen and oxygen atoms in total. The number of hydrogen-bond acceptors (Lipinski definition) is 4. The van der Waals surface area contributed by atoms with Crippen molar-refractivity contribution in [3.8, 4) is 0 Å². The lowest BCUT2D eigenvalue weighted by atomic mass is 9.80. The Morgan fingerprint density at radius 3 is 2.59 bits per heavy atom. The van der Waals surface area contributed by atoms with Gasteiger partial charge in [0.2, 0.25) is 11.8 Å². The van der Waals surface area contributed by atoms with Crippen molar-refractivity contribution in [1.82, 2.24) is 15.7 Å². The van der Waals surface area contributed by atoms with Crippen molar-refractivity contribution < 1.29 is 14.8 Å². The minimum atomic E-state index is -0.533. The third-order valence-electron chi connectivity index (χ3n) is 7.28. The first-order chi connectivity index (χ1) is 13.9. The van der Waals surface area contributed by atoms with Crippen LogP contribution >= 0.6 is 0 Å². The van der Waals surface area contributed by atoms with Gasteiger partial charge < -0.3 is 10.2 Å². The van der Waals surface area contributed by atoms with E-state index in [0.29, 0.717) is 31.3 Å². The Labute approximate surface area is 173 Å². The number of likely N-dealkylation sites (tertiary alicyclic amines) is 1. The van der Waals surface area contributed by atoms with Crippen molar-refractivity contribution in [3.05, 3.63) is 35.4 Å². The van der Waals surface area contributed by atoms with Crippen molar-refractivity contribution in [2.24, 2.45) is 11.3 Å². The van der Waals surface area contributed by atoms with E-state index in [0.717, 1.165) is 32.2 Å². The average molecular weight is 400 g/mol. The Morgan fingerprint density at radius 2 is 1.97 bits per heavy atom. The molecule has 6 heteroatoms. The van der Waals surface area contributed by atoms with E-state index in [1.807, 2.05) is 4.90 Å². The zero-order valence-electron chi connectivity index (χ0n) is 17.5. The Morgan fingerprint density at radius 1 is 1.24 bits per heavy atom. The summed E-state index contributed by atoms with van der Waals surface area (Å²) in [7, 11) is 0. The molecule has 0 radical (unpaired) electrons. The number of hydroxylamine groups is 1. The maximum absolute atomic E-state index is 13.2. The first-order valence-electron chi connectivity index (χ1n) is 11.0. The summed E-state index contributed by atoms with van der Waals surface area (Å²) in [6, 6.07) is 8.30. The van der Waals surface area contributed by atoms with Gasteiger partial charge in [0.25, 0.3) is 0 Å². The smallest absolute Gasteiger partial charge is 0.248 e. The highest BCUT2D eigenvalue weighted by Crippen LogP contribution is 2.52. The molecule has 0 bridgehead atoms. The number of nitrogens with one attached hydrogen (secondary N) is 2. The van der Waals surface area contributed by atoms with Crippen LogP contribution in [0.25, 0.3) is 0 Å². The van der Waals surface area contributed by atoms with Gasteiger partial charge in [0.15, 0.2) is 0 Å². The van der Waals surface area contributed by atoms with Gasteiger partial charge >= 0.3 is 0 Å². The van der Waals surface area contributed by atoms with Crippen LogP contribution in [-0.2, 0) is 9.59 Å². The maximum Gasteiger partial charge on any atom is 0.248 e. The third kappa shape index (κ3) is 4.19. The molecule has 3 N–H and O–H groups in total. The van der Waals surface area contributed by atoms with Crippen LogP contribution in [0.15, 0.2) is 24.3 Å². The lowest BCUT2D eigenvalue weighted by molar-refractivity contribution is -0.145. The summed E-state index contributed by atoms with van der Waals surface area (Å²) in [6.45, 7) is 6.64. The minimum Gasteiger partial charge on any atom is -0.341 e. The average Bonchev–Trinajstić information content (AvgIpc) is 3.51. The van der Waals surface area contributed by atoms with E-state index in [1.54, 1.807) is 5.48 Å². The van der Waals surface area contributed by atoms with Gasteiger partial charge in [-0.15, -0.1) is 0 Å². The quantitative estimate of drug-likeness (QED) is 0.537. The molecule has 1 aromatic carbocycles. The van der Waals surface area contributed by atoms with Crippen LogP contribution in [0.1, 0.15) is 68.9 Å². The molecule has 2 atom stereocenters. The second-order valence-corrected chi connectivity index (χ2v) is 9.57. The molecule has 2 saturated heterocycles. The number of amides is 2. The first-order valence-corrected chi connectivity index (χ1v) is 11.0. The van der Waals surface area contributed by atoms with Gasteiger partial charge in [-0.3, -0.25) is 14.8 Å². The third-order valence-corrected chi connectivity index (χ3v) is 7.28. The number of nitrogens with zero attached hydrogens (tertiary/aromatic N) is 1. The summed E-state index contributed by atoms with van der Waals surface area (Å²) in [5.41, 5.74) is 4.66. The fourth-order valence-corrected chi connectivity index (χ4v) is 5.07. The van der Waals surface area contributed by atoms with E-state index in [-0.39, 0.29) is 11.3 Å². The van der Waals surface area contributed by atoms with Crippen LogP contribution < -0.4 is 10.8 Å². The summed E-state index contributed by atoms with van der Waals surface area (Å²) < 4.78 is 0. The Hall–Kier alpha value is -1.92. The van der Waals surface area contributed by atoms with E-state index in [9.17, 15) is 9.59 Å². The number of hydrogen-bond donors (Lipinski definition) is 3. The first kappa shape index (κ1) is 20.4. The van der Waals surface area contributed by atoms with Crippen LogP contribution in [0.5, 0.6) is 0 Å². The summed E-state index contributed by atoms with van der Waals surface area (Å²) in [6.07, 6.45) is 4.76. The number of rotatable bonds is 4. The van der Waals surface area contributed by atoms with Crippen LogP contribution in [0.2, 0.25) is 0 Å². The van der Waals surface area contributed by atoms with Crippen molar-refractivity contribution in [2.75, 3.05) is 19.6 Å². The SMILES string of the molecule is CC(C)c1cccc(C2CCN(C(=O)C3NCC4(CC4)CC3C(=O)NO)CC2)c1. The van der Waals surface area contributed by atoms with Crippen LogP contribution in [0, 0.1) is 11.3 Å². The number of carbonyl (C=O) groups is 2. The highest BCUT2D eigenvalue weighted by Gasteiger charge is 2.52. The van der Waals surface area contributed by atoms with Crippen LogP contribution in [0.3, 0.4) is 0 Å². The van der Waals surface area contributed by atoms with E-state index < -0.39 is 17.9 Å². The topological polar surface area (TPSA) is 81.7 Å². The molecule has 1 aromatic rings. The predicted octanol–water partition coefficient (Wildman–Crippen LogP) is 2.78. The van der Waals surface area contributed by atoms with Gasteiger partial charge in [0.1, 0.15) is 0 Å². The van der Waals surface area contributed by atoms with Gasteiger partial charge in [0, 0.05) is 19.6 Å². The lowest BCUT2D eigenvalue weighted by Crippen LogP contribution is -2.59. The van der Waals surface area contributed by atoms with Crippen molar-refractivity contribution in [3.63, 3.8) is 0 Å². The summed E-state index contributed by atoms with van der Waals surface area (Å²) in [4.78, 5) is 27.3. The second-order valence-electron chi connectivity index (χ2n) is 9.57. The standard InChI is InChI=1S/C23H33N3O3/c1-15(2)17-4-3-5-18(12-17)16-6-10-26(11-7-16)22(28)20-19(21(27)25-29)13-23(8-9-23)14-24-20/h3-5,12,15-16,19-20,24,29H,6-11,13-14H2,1-2H3,(H,25,27). The van der Waals surface area contributed by atoms with Gasteiger partial charge in [-0.05, 0) is 60.5 Å². The second kappa shape index (κ2) is 8.07. The molecule has 0 aromatic heterocycles.